The topological polar surface area (TPSA) is 54.4 Å². The first kappa shape index (κ1) is 10.9. The van der Waals surface area contributed by atoms with Crippen LogP contribution < -0.4 is 0 Å². The minimum Gasteiger partial charge on any atom is -0.481 e. The Morgan fingerprint density at radius 3 is 2.56 bits per heavy atom. The monoisotopic (exact) mass is 218 g/mol. The molecule has 0 heterocycles. The molecule has 0 spiro atoms. The number of Topliss-reactive ketones (excluding diaryl/α,β-unsaturated/α-hetero) is 1. The zero-order valence-electron chi connectivity index (χ0n) is 8.93. The summed E-state index contributed by atoms with van der Waals surface area (Å²) in [6.07, 6.45) is 1.64. The molecule has 2 atom stereocenters. The Kier molecular flexibility index (Phi) is 3.04. The lowest BCUT2D eigenvalue weighted by molar-refractivity contribution is -0.137. The van der Waals surface area contributed by atoms with Crippen LogP contribution in [0, 0.1) is 11.8 Å². The molecule has 0 amide bonds. The average Bonchev–Trinajstić information content (AvgIpc) is 3.06. The minimum atomic E-state index is -0.780. The van der Waals surface area contributed by atoms with Crippen molar-refractivity contribution in [1.29, 1.82) is 0 Å². The van der Waals surface area contributed by atoms with E-state index < -0.39 is 5.97 Å². The molecule has 1 aliphatic carbocycles. The molecule has 16 heavy (non-hydrogen) atoms. The lowest BCUT2D eigenvalue weighted by Crippen LogP contribution is -2.04. The van der Waals surface area contributed by atoms with Crippen molar-refractivity contribution in [1.82, 2.24) is 0 Å². The standard InChI is InChI=1S/C13H14O3/c14-12(15)7-6-10-8-11(10)13(16)9-4-2-1-3-5-9/h1-5,10-11H,6-8H2,(H,14,15)/t10-,11-/m1/s1. The predicted octanol–water partition coefficient (Wildman–Crippen LogP) is 2.37. The van der Waals surface area contributed by atoms with E-state index in [2.05, 4.69) is 0 Å². The van der Waals surface area contributed by atoms with E-state index in [0.29, 0.717) is 6.42 Å². The van der Waals surface area contributed by atoms with Crippen LogP contribution in [0.2, 0.25) is 0 Å². The van der Waals surface area contributed by atoms with Crippen molar-refractivity contribution in [2.75, 3.05) is 0 Å². The van der Waals surface area contributed by atoms with Crippen molar-refractivity contribution in [2.24, 2.45) is 11.8 Å². The first-order chi connectivity index (χ1) is 7.68. The van der Waals surface area contributed by atoms with E-state index in [4.69, 9.17) is 5.11 Å². The van der Waals surface area contributed by atoms with Gasteiger partial charge in [0.15, 0.2) is 5.78 Å². The molecule has 0 saturated heterocycles. The third-order valence-corrected chi connectivity index (χ3v) is 3.05. The van der Waals surface area contributed by atoms with Crippen LogP contribution in [0.1, 0.15) is 29.6 Å². The van der Waals surface area contributed by atoms with E-state index in [9.17, 15) is 9.59 Å². The Labute approximate surface area is 94.1 Å². The van der Waals surface area contributed by atoms with Crippen LogP contribution in [-0.2, 0) is 4.79 Å². The first-order valence-corrected chi connectivity index (χ1v) is 5.49. The van der Waals surface area contributed by atoms with Gasteiger partial charge in [0.25, 0.3) is 0 Å². The van der Waals surface area contributed by atoms with Gasteiger partial charge in [-0.1, -0.05) is 30.3 Å². The summed E-state index contributed by atoms with van der Waals surface area (Å²) in [5, 5.41) is 8.55. The summed E-state index contributed by atoms with van der Waals surface area (Å²) in [7, 11) is 0. The fraction of sp³-hybridized carbons (Fsp3) is 0.385. The lowest BCUT2D eigenvalue weighted by Gasteiger charge is -1.99. The van der Waals surface area contributed by atoms with Crippen LogP contribution in [0.5, 0.6) is 0 Å². The van der Waals surface area contributed by atoms with E-state index >= 15 is 0 Å². The highest BCUT2D eigenvalue weighted by Crippen LogP contribution is 2.44. The molecule has 3 nitrogen and oxygen atoms in total. The molecule has 0 unspecified atom stereocenters. The molecule has 1 N–H and O–H groups in total. The fourth-order valence-corrected chi connectivity index (χ4v) is 2.01. The Hall–Kier alpha value is -1.64. The quantitative estimate of drug-likeness (QED) is 0.772. The fourth-order valence-electron chi connectivity index (χ4n) is 2.01. The Morgan fingerprint density at radius 2 is 1.94 bits per heavy atom. The van der Waals surface area contributed by atoms with Crippen LogP contribution in [0.25, 0.3) is 0 Å². The van der Waals surface area contributed by atoms with E-state index in [1.165, 1.54) is 0 Å². The van der Waals surface area contributed by atoms with Crippen molar-refractivity contribution in [3.05, 3.63) is 35.9 Å². The van der Waals surface area contributed by atoms with Crippen LogP contribution in [-0.4, -0.2) is 16.9 Å². The first-order valence-electron chi connectivity index (χ1n) is 5.49. The number of hydrogen-bond donors (Lipinski definition) is 1. The highest BCUT2D eigenvalue weighted by molar-refractivity contribution is 5.99. The summed E-state index contributed by atoms with van der Waals surface area (Å²) < 4.78 is 0. The van der Waals surface area contributed by atoms with Gasteiger partial charge < -0.3 is 5.11 Å². The molecular formula is C13H14O3. The number of benzene rings is 1. The van der Waals surface area contributed by atoms with E-state index in [-0.39, 0.29) is 24.0 Å². The summed E-state index contributed by atoms with van der Waals surface area (Å²) in [6, 6.07) is 9.21. The Bertz CT molecular complexity index is 397. The van der Waals surface area contributed by atoms with Crippen LogP contribution in [0.15, 0.2) is 30.3 Å². The molecule has 1 aromatic carbocycles. The maximum Gasteiger partial charge on any atom is 0.303 e. The molecule has 84 valence electrons. The summed E-state index contributed by atoms with van der Waals surface area (Å²) in [5.74, 6) is -0.278. The zero-order chi connectivity index (χ0) is 11.5. The van der Waals surface area contributed by atoms with Crippen molar-refractivity contribution >= 4 is 11.8 Å². The summed E-state index contributed by atoms with van der Waals surface area (Å²) >= 11 is 0. The summed E-state index contributed by atoms with van der Waals surface area (Å²) in [6.45, 7) is 0. The van der Waals surface area contributed by atoms with Gasteiger partial charge in [0.05, 0.1) is 0 Å². The smallest absolute Gasteiger partial charge is 0.303 e. The molecule has 0 bridgehead atoms. The molecule has 0 aromatic heterocycles. The van der Waals surface area contributed by atoms with Gasteiger partial charge in [-0.05, 0) is 18.8 Å². The molecule has 3 heteroatoms. The third kappa shape index (κ3) is 2.48. The second kappa shape index (κ2) is 4.47. The number of carboxylic acids is 1. The van der Waals surface area contributed by atoms with Gasteiger partial charge in [-0.15, -0.1) is 0 Å². The number of aliphatic carboxylic acids is 1. The minimum absolute atomic E-state index is 0.0572. The van der Waals surface area contributed by atoms with E-state index in [1.807, 2.05) is 30.3 Å². The number of carbonyl (C=O) groups is 2. The third-order valence-electron chi connectivity index (χ3n) is 3.05. The van der Waals surface area contributed by atoms with Crippen molar-refractivity contribution < 1.29 is 14.7 Å². The maximum atomic E-state index is 11.9. The van der Waals surface area contributed by atoms with Gasteiger partial charge in [-0.3, -0.25) is 9.59 Å². The lowest BCUT2D eigenvalue weighted by atomic mass is 10.0. The second-order valence-corrected chi connectivity index (χ2v) is 4.26. The predicted molar refractivity (Wildman–Crippen MR) is 59.2 cm³/mol. The highest BCUT2D eigenvalue weighted by Gasteiger charge is 2.42. The number of carboxylic acid groups (broad SMARTS) is 1. The Balaban J connectivity index is 1.88. The zero-order valence-corrected chi connectivity index (χ0v) is 8.93. The van der Waals surface area contributed by atoms with Crippen LogP contribution in [0.3, 0.4) is 0 Å². The van der Waals surface area contributed by atoms with Gasteiger partial charge in [0.1, 0.15) is 0 Å². The number of hydrogen-bond acceptors (Lipinski definition) is 2. The SMILES string of the molecule is O=C(O)CC[C@@H]1C[C@H]1C(=O)c1ccccc1. The van der Waals surface area contributed by atoms with Crippen molar-refractivity contribution in [2.45, 2.75) is 19.3 Å². The van der Waals surface area contributed by atoms with Crippen molar-refractivity contribution in [3.63, 3.8) is 0 Å². The summed E-state index contributed by atoms with van der Waals surface area (Å²) in [5.41, 5.74) is 0.741. The van der Waals surface area contributed by atoms with Crippen LogP contribution in [0.4, 0.5) is 0 Å². The number of carbonyl (C=O) groups excluding carboxylic acids is 1. The van der Waals surface area contributed by atoms with Crippen LogP contribution >= 0.6 is 0 Å². The molecular weight excluding hydrogens is 204 g/mol. The summed E-state index contributed by atoms with van der Waals surface area (Å²) in [4.78, 5) is 22.3. The molecule has 1 fully saturated rings. The second-order valence-electron chi connectivity index (χ2n) is 4.26. The van der Waals surface area contributed by atoms with Gasteiger partial charge in [0, 0.05) is 17.9 Å². The van der Waals surface area contributed by atoms with Crippen molar-refractivity contribution in [3.8, 4) is 0 Å². The van der Waals surface area contributed by atoms with Gasteiger partial charge in [0.2, 0.25) is 0 Å². The maximum absolute atomic E-state index is 11.9. The molecule has 2 rings (SSSR count). The van der Waals surface area contributed by atoms with Gasteiger partial charge in [-0.25, -0.2) is 0 Å². The Morgan fingerprint density at radius 1 is 1.25 bits per heavy atom. The van der Waals surface area contributed by atoms with Gasteiger partial charge in [-0.2, -0.15) is 0 Å². The van der Waals surface area contributed by atoms with Gasteiger partial charge >= 0.3 is 5.97 Å². The number of rotatable bonds is 5. The largest absolute Gasteiger partial charge is 0.481 e. The molecule has 1 aliphatic rings. The highest BCUT2D eigenvalue weighted by atomic mass is 16.4. The normalized spacial score (nSPS) is 22.8. The number of ketones is 1. The van der Waals surface area contributed by atoms with E-state index in [1.54, 1.807) is 0 Å². The molecule has 0 radical (unpaired) electrons. The molecule has 1 aromatic rings. The molecule has 0 aliphatic heterocycles. The molecule has 1 saturated carbocycles. The average molecular weight is 218 g/mol. The van der Waals surface area contributed by atoms with E-state index in [0.717, 1.165) is 12.0 Å².